The Morgan fingerprint density at radius 2 is 1.81 bits per heavy atom. The zero-order valence-electron chi connectivity index (χ0n) is 14.8. The van der Waals surface area contributed by atoms with Gasteiger partial charge in [-0.05, 0) is 42.7 Å². The predicted molar refractivity (Wildman–Crippen MR) is 107 cm³/mol. The molecule has 0 N–H and O–H groups in total. The van der Waals surface area contributed by atoms with Crippen LogP contribution in [0.2, 0.25) is 5.02 Å². The van der Waals surface area contributed by atoms with Gasteiger partial charge in [0.25, 0.3) is 0 Å². The first-order valence-corrected chi connectivity index (χ1v) is 9.08. The molecule has 0 spiro atoms. The van der Waals surface area contributed by atoms with Crippen molar-refractivity contribution in [3.8, 4) is 11.1 Å². The van der Waals surface area contributed by atoms with Crippen molar-refractivity contribution in [1.29, 1.82) is 0 Å². The Hall–Kier alpha value is -2.98. The zero-order chi connectivity index (χ0) is 18.9. The van der Waals surface area contributed by atoms with Crippen LogP contribution in [-0.4, -0.2) is 20.9 Å². The molecule has 2 aromatic heterocycles. The summed E-state index contributed by atoms with van der Waals surface area (Å²) in [5, 5.41) is 5.22. The van der Waals surface area contributed by atoms with Crippen LogP contribution in [0, 0.1) is 0 Å². The highest BCUT2D eigenvalue weighted by atomic mass is 35.5. The van der Waals surface area contributed by atoms with Gasteiger partial charge in [0, 0.05) is 16.8 Å². The maximum absolute atomic E-state index is 12.1. The van der Waals surface area contributed by atoms with Gasteiger partial charge in [0.05, 0.1) is 17.3 Å². The fraction of sp³-hybridized carbons (Fsp3) is 0.136. The van der Waals surface area contributed by atoms with E-state index in [4.69, 9.17) is 11.6 Å². The first-order valence-electron chi connectivity index (χ1n) is 8.70. The number of aromatic nitrogens is 3. The van der Waals surface area contributed by atoms with Crippen molar-refractivity contribution in [2.45, 2.75) is 18.8 Å². The molecule has 0 aliphatic rings. The lowest BCUT2D eigenvalue weighted by Gasteiger charge is -2.24. The average Bonchev–Trinajstić information content (AvgIpc) is 3.13. The highest BCUT2D eigenvalue weighted by Gasteiger charge is 2.30. The van der Waals surface area contributed by atoms with Gasteiger partial charge >= 0.3 is 0 Å². The Bertz CT molecular complexity index is 1090. The molecule has 2 heterocycles. The minimum atomic E-state index is -0.716. The number of rotatable bonds is 5. The number of carbonyl (C=O) groups excluding carboxylic acids is 1. The van der Waals surface area contributed by atoms with Crippen molar-refractivity contribution in [1.82, 2.24) is 14.6 Å². The van der Waals surface area contributed by atoms with Gasteiger partial charge in [0.15, 0.2) is 5.65 Å². The Kier molecular flexibility index (Phi) is 4.50. The van der Waals surface area contributed by atoms with Gasteiger partial charge < -0.3 is 4.79 Å². The second-order valence-electron chi connectivity index (χ2n) is 6.83. The summed E-state index contributed by atoms with van der Waals surface area (Å²) >= 11 is 6.00. The van der Waals surface area contributed by atoms with Crippen LogP contribution < -0.4 is 0 Å². The standard InChI is InChI=1S/C22H18ClN3O/c1-22(15-27,13-16-5-3-2-4-6-16)20-11-12-24-21-19(14-25-26(20)21)17-7-9-18(23)10-8-17/h2-12,14-15H,13H2,1H3. The Morgan fingerprint density at radius 1 is 1.07 bits per heavy atom. The normalized spacial score (nSPS) is 13.4. The number of nitrogens with zero attached hydrogens (tertiary/aromatic N) is 3. The number of hydrogen-bond acceptors (Lipinski definition) is 3. The number of carbonyl (C=O) groups is 1. The molecule has 0 aliphatic carbocycles. The van der Waals surface area contributed by atoms with Crippen molar-refractivity contribution in [2.24, 2.45) is 0 Å². The molecule has 1 atom stereocenters. The van der Waals surface area contributed by atoms with Crippen LogP contribution in [0.15, 0.2) is 73.1 Å². The molecule has 0 aliphatic heterocycles. The summed E-state index contributed by atoms with van der Waals surface area (Å²) in [4.78, 5) is 16.6. The van der Waals surface area contributed by atoms with E-state index in [0.29, 0.717) is 11.4 Å². The second-order valence-corrected chi connectivity index (χ2v) is 7.26. The second kappa shape index (κ2) is 6.97. The summed E-state index contributed by atoms with van der Waals surface area (Å²) in [5.41, 5.74) is 3.80. The lowest BCUT2D eigenvalue weighted by atomic mass is 9.81. The fourth-order valence-corrected chi connectivity index (χ4v) is 3.50. The van der Waals surface area contributed by atoms with E-state index in [9.17, 15) is 4.79 Å². The molecule has 27 heavy (non-hydrogen) atoms. The molecule has 4 nitrogen and oxygen atoms in total. The molecule has 0 radical (unpaired) electrons. The Labute approximate surface area is 162 Å². The van der Waals surface area contributed by atoms with Crippen LogP contribution >= 0.6 is 11.6 Å². The maximum Gasteiger partial charge on any atom is 0.163 e. The van der Waals surface area contributed by atoms with E-state index in [2.05, 4.69) is 10.1 Å². The quantitative estimate of drug-likeness (QED) is 0.473. The topological polar surface area (TPSA) is 47.3 Å². The Morgan fingerprint density at radius 3 is 2.52 bits per heavy atom. The van der Waals surface area contributed by atoms with E-state index in [-0.39, 0.29) is 0 Å². The van der Waals surface area contributed by atoms with E-state index < -0.39 is 5.41 Å². The first-order chi connectivity index (χ1) is 13.1. The molecular weight excluding hydrogens is 358 g/mol. The van der Waals surface area contributed by atoms with Gasteiger partial charge in [-0.1, -0.05) is 54.1 Å². The molecule has 0 saturated heterocycles. The summed E-state index contributed by atoms with van der Waals surface area (Å²) in [6.07, 6.45) is 5.10. The number of aldehydes is 1. The smallest absolute Gasteiger partial charge is 0.163 e. The molecule has 0 fully saturated rings. The molecule has 0 amide bonds. The van der Waals surface area contributed by atoms with Crippen molar-refractivity contribution in [3.05, 3.63) is 89.3 Å². The van der Waals surface area contributed by atoms with Gasteiger partial charge in [-0.2, -0.15) is 5.10 Å². The van der Waals surface area contributed by atoms with E-state index in [1.807, 2.05) is 67.6 Å². The highest BCUT2D eigenvalue weighted by Crippen LogP contribution is 2.30. The van der Waals surface area contributed by atoms with Gasteiger partial charge in [0.2, 0.25) is 0 Å². The minimum absolute atomic E-state index is 0.590. The van der Waals surface area contributed by atoms with Crippen LogP contribution in [0.4, 0.5) is 0 Å². The number of benzene rings is 2. The van der Waals surface area contributed by atoms with Crippen molar-refractivity contribution in [2.75, 3.05) is 0 Å². The summed E-state index contributed by atoms with van der Waals surface area (Å²) in [6.45, 7) is 1.94. The third kappa shape index (κ3) is 3.24. The van der Waals surface area contributed by atoms with Crippen LogP contribution in [0.1, 0.15) is 18.2 Å². The zero-order valence-corrected chi connectivity index (χ0v) is 15.6. The predicted octanol–water partition coefficient (Wildman–Crippen LogP) is 4.75. The van der Waals surface area contributed by atoms with Gasteiger partial charge in [-0.25, -0.2) is 9.50 Å². The van der Waals surface area contributed by atoms with E-state index in [1.165, 1.54) is 0 Å². The molecule has 1 unspecified atom stereocenters. The number of halogens is 1. The monoisotopic (exact) mass is 375 g/mol. The van der Waals surface area contributed by atoms with Crippen molar-refractivity contribution >= 4 is 23.5 Å². The molecular formula is C22H18ClN3O. The summed E-state index contributed by atoms with van der Waals surface area (Å²) in [6, 6.07) is 19.4. The molecule has 4 rings (SSSR count). The van der Waals surface area contributed by atoms with Crippen LogP contribution in [0.25, 0.3) is 16.8 Å². The SMILES string of the molecule is CC(C=O)(Cc1ccccc1)c1ccnc2c(-c3ccc(Cl)cc3)cnn12. The third-order valence-corrected chi connectivity index (χ3v) is 5.07. The van der Waals surface area contributed by atoms with Crippen LogP contribution in [0.3, 0.4) is 0 Å². The van der Waals surface area contributed by atoms with Crippen molar-refractivity contribution in [3.63, 3.8) is 0 Å². The Balaban J connectivity index is 1.82. The molecule has 0 bridgehead atoms. The average molecular weight is 376 g/mol. The number of fused-ring (bicyclic) bond motifs is 1. The van der Waals surface area contributed by atoms with E-state index in [0.717, 1.165) is 34.3 Å². The molecule has 2 aromatic carbocycles. The highest BCUT2D eigenvalue weighted by molar-refractivity contribution is 6.30. The summed E-state index contributed by atoms with van der Waals surface area (Å²) in [5.74, 6) is 0. The van der Waals surface area contributed by atoms with Crippen molar-refractivity contribution < 1.29 is 4.79 Å². The molecule has 5 heteroatoms. The van der Waals surface area contributed by atoms with Gasteiger partial charge in [-0.15, -0.1) is 0 Å². The largest absolute Gasteiger partial charge is 0.302 e. The lowest BCUT2D eigenvalue weighted by Crippen LogP contribution is -2.30. The number of hydrogen-bond donors (Lipinski definition) is 0. The van der Waals surface area contributed by atoms with Crippen LogP contribution in [0.5, 0.6) is 0 Å². The molecule has 134 valence electrons. The fourth-order valence-electron chi connectivity index (χ4n) is 3.37. The molecule has 0 saturated carbocycles. The summed E-state index contributed by atoms with van der Waals surface area (Å²) < 4.78 is 1.77. The maximum atomic E-state index is 12.1. The first kappa shape index (κ1) is 17.4. The van der Waals surface area contributed by atoms with E-state index in [1.54, 1.807) is 16.9 Å². The third-order valence-electron chi connectivity index (χ3n) is 4.82. The van der Waals surface area contributed by atoms with Gasteiger partial charge in [0.1, 0.15) is 6.29 Å². The summed E-state index contributed by atoms with van der Waals surface area (Å²) in [7, 11) is 0. The van der Waals surface area contributed by atoms with Crippen LogP contribution in [-0.2, 0) is 16.6 Å². The van der Waals surface area contributed by atoms with E-state index >= 15 is 0 Å². The van der Waals surface area contributed by atoms with Gasteiger partial charge in [-0.3, -0.25) is 0 Å². The molecule has 4 aromatic rings. The minimum Gasteiger partial charge on any atom is -0.302 e. The lowest BCUT2D eigenvalue weighted by molar-refractivity contribution is -0.112.